The largest absolute Gasteiger partial charge is 0.378 e. The van der Waals surface area contributed by atoms with Crippen molar-refractivity contribution in [3.05, 3.63) is 53.2 Å². The smallest absolute Gasteiger partial charge is 0.127 e. The molecule has 4 heteroatoms. The SMILES string of the molecule is CNc1cc(NC(C)c2ccccc2Cl)ccn1. The average molecular weight is 262 g/mol. The van der Waals surface area contributed by atoms with Gasteiger partial charge in [-0.1, -0.05) is 29.8 Å². The summed E-state index contributed by atoms with van der Waals surface area (Å²) >= 11 is 6.18. The van der Waals surface area contributed by atoms with Crippen LogP contribution in [0.15, 0.2) is 42.6 Å². The van der Waals surface area contributed by atoms with E-state index in [4.69, 9.17) is 11.6 Å². The Labute approximate surface area is 112 Å². The first-order chi connectivity index (χ1) is 8.70. The van der Waals surface area contributed by atoms with Gasteiger partial charge in [-0.2, -0.15) is 0 Å². The summed E-state index contributed by atoms with van der Waals surface area (Å²) in [5.74, 6) is 0.839. The summed E-state index contributed by atoms with van der Waals surface area (Å²) in [5.41, 5.74) is 2.10. The van der Waals surface area contributed by atoms with Crippen LogP contribution in [0.2, 0.25) is 5.02 Å². The first-order valence-corrected chi connectivity index (χ1v) is 6.23. The number of anilines is 2. The molecule has 0 spiro atoms. The van der Waals surface area contributed by atoms with Crippen molar-refractivity contribution in [1.82, 2.24) is 4.98 Å². The van der Waals surface area contributed by atoms with Crippen molar-refractivity contribution in [3.63, 3.8) is 0 Å². The molecule has 1 aromatic carbocycles. The number of rotatable bonds is 4. The highest BCUT2D eigenvalue weighted by atomic mass is 35.5. The van der Waals surface area contributed by atoms with Gasteiger partial charge in [-0.15, -0.1) is 0 Å². The normalized spacial score (nSPS) is 11.9. The fraction of sp³-hybridized carbons (Fsp3) is 0.214. The van der Waals surface area contributed by atoms with Gasteiger partial charge in [-0.3, -0.25) is 0 Å². The second-order valence-corrected chi connectivity index (χ2v) is 4.47. The van der Waals surface area contributed by atoms with Crippen molar-refractivity contribution < 1.29 is 0 Å². The van der Waals surface area contributed by atoms with E-state index in [0.29, 0.717) is 0 Å². The van der Waals surface area contributed by atoms with E-state index < -0.39 is 0 Å². The average Bonchev–Trinajstić information content (AvgIpc) is 2.39. The van der Waals surface area contributed by atoms with Crippen LogP contribution in [0.1, 0.15) is 18.5 Å². The number of hydrogen-bond acceptors (Lipinski definition) is 3. The molecule has 0 radical (unpaired) electrons. The minimum atomic E-state index is 0.144. The molecule has 1 atom stereocenters. The molecule has 2 rings (SSSR count). The van der Waals surface area contributed by atoms with Gasteiger partial charge in [0.2, 0.25) is 0 Å². The topological polar surface area (TPSA) is 37.0 Å². The zero-order valence-corrected chi connectivity index (χ0v) is 11.2. The maximum Gasteiger partial charge on any atom is 0.127 e. The van der Waals surface area contributed by atoms with Gasteiger partial charge in [-0.25, -0.2) is 4.98 Å². The Morgan fingerprint density at radius 3 is 2.72 bits per heavy atom. The molecule has 94 valence electrons. The molecule has 2 N–H and O–H groups in total. The summed E-state index contributed by atoms with van der Waals surface area (Å²) in [7, 11) is 1.85. The highest BCUT2D eigenvalue weighted by Crippen LogP contribution is 2.25. The van der Waals surface area contributed by atoms with Gasteiger partial charge in [0.1, 0.15) is 5.82 Å². The number of hydrogen-bond donors (Lipinski definition) is 2. The van der Waals surface area contributed by atoms with Crippen LogP contribution >= 0.6 is 11.6 Å². The van der Waals surface area contributed by atoms with Gasteiger partial charge in [0.25, 0.3) is 0 Å². The third-order valence-electron chi connectivity index (χ3n) is 2.77. The molecule has 0 aliphatic carbocycles. The zero-order valence-electron chi connectivity index (χ0n) is 10.4. The highest BCUT2D eigenvalue weighted by molar-refractivity contribution is 6.31. The fourth-order valence-electron chi connectivity index (χ4n) is 1.81. The summed E-state index contributed by atoms with van der Waals surface area (Å²) in [6.45, 7) is 2.08. The van der Waals surface area contributed by atoms with Crippen LogP contribution in [-0.2, 0) is 0 Å². The lowest BCUT2D eigenvalue weighted by atomic mass is 10.1. The van der Waals surface area contributed by atoms with Crippen LogP contribution in [0.4, 0.5) is 11.5 Å². The Morgan fingerprint density at radius 2 is 2.00 bits per heavy atom. The zero-order chi connectivity index (χ0) is 13.0. The predicted octanol–water partition coefficient (Wildman–Crippen LogP) is 3.95. The van der Waals surface area contributed by atoms with Gasteiger partial charge in [0.05, 0.1) is 0 Å². The molecule has 0 saturated heterocycles. The van der Waals surface area contributed by atoms with E-state index >= 15 is 0 Å². The third-order valence-corrected chi connectivity index (χ3v) is 3.12. The Kier molecular flexibility index (Phi) is 4.05. The Balaban J connectivity index is 2.16. The molecule has 3 nitrogen and oxygen atoms in total. The Morgan fingerprint density at radius 1 is 1.22 bits per heavy atom. The number of aromatic nitrogens is 1. The standard InChI is InChI=1S/C14H16ClN3/c1-10(12-5-3-4-6-13(12)15)18-11-7-8-17-14(9-11)16-2/h3-10H,1-2H3,(H2,16,17,18). The molecule has 0 amide bonds. The lowest BCUT2D eigenvalue weighted by molar-refractivity contribution is 0.884. The number of nitrogens with zero attached hydrogens (tertiary/aromatic N) is 1. The summed E-state index contributed by atoms with van der Waals surface area (Å²) in [4.78, 5) is 4.18. The van der Waals surface area contributed by atoms with Crippen molar-refractivity contribution in [1.29, 1.82) is 0 Å². The van der Waals surface area contributed by atoms with Crippen molar-refractivity contribution in [2.75, 3.05) is 17.7 Å². The highest BCUT2D eigenvalue weighted by Gasteiger charge is 2.08. The molecule has 2 aromatic rings. The van der Waals surface area contributed by atoms with Crippen molar-refractivity contribution in [2.24, 2.45) is 0 Å². The second kappa shape index (κ2) is 5.74. The van der Waals surface area contributed by atoms with Gasteiger partial charge in [-0.05, 0) is 24.6 Å². The molecule has 1 unspecified atom stereocenters. The molecule has 1 aromatic heterocycles. The van der Waals surface area contributed by atoms with Crippen molar-refractivity contribution in [2.45, 2.75) is 13.0 Å². The molecule has 0 aliphatic rings. The second-order valence-electron chi connectivity index (χ2n) is 4.07. The summed E-state index contributed by atoms with van der Waals surface area (Å²) in [6.07, 6.45) is 1.77. The predicted molar refractivity (Wildman–Crippen MR) is 77.3 cm³/mol. The third kappa shape index (κ3) is 2.93. The van der Waals surface area contributed by atoms with E-state index in [1.54, 1.807) is 6.20 Å². The monoisotopic (exact) mass is 261 g/mol. The van der Waals surface area contributed by atoms with Crippen molar-refractivity contribution >= 4 is 23.1 Å². The van der Waals surface area contributed by atoms with Gasteiger partial charge in [0.15, 0.2) is 0 Å². The molecule has 0 saturated carbocycles. The number of benzene rings is 1. The lowest BCUT2D eigenvalue weighted by Gasteiger charge is -2.17. The summed E-state index contributed by atoms with van der Waals surface area (Å²) in [6, 6.07) is 11.9. The number of nitrogens with one attached hydrogen (secondary N) is 2. The number of pyridine rings is 1. The first-order valence-electron chi connectivity index (χ1n) is 5.85. The molecular formula is C14H16ClN3. The fourth-order valence-corrected chi connectivity index (χ4v) is 2.11. The van der Waals surface area contributed by atoms with E-state index in [2.05, 4.69) is 22.5 Å². The van der Waals surface area contributed by atoms with E-state index in [0.717, 1.165) is 22.1 Å². The molecule has 1 heterocycles. The van der Waals surface area contributed by atoms with E-state index in [-0.39, 0.29) is 6.04 Å². The van der Waals surface area contributed by atoms with Crippen LogP contribution in [0, 0.1) is 0 Å². The van der Waals surface area contributed by atoms with Crippen LogP contribution in [0.3, 0.4) is 0 Å². The summed E-state index contributed by atoms with van der Waals surface area (Å²) < 4.78 is 0. The minimum Gasteiger partial charge on any atom is -0.378 e. The van der Waals surface area contributed by atoms with Crippen molar-refractivity contribution in [3.8, 4) is 0 Å². The Hall–Kier alpha value is -1.74. The molecule has 0 aliphatic heterocycles. The first kappa shape index (κ1) is 12.7. The van der Waals surface area contributed by atoms with E-state index in [9.17, 15) is 0 Å². The molecular weight excluding hydrogens is 246 g/mol. The van der Waals surface area contributed by atoms with Gasteiger partial charge in [0, 0.05) is 36.1 Å². The van der Waals surface area contributed by atoms with Crippen LogP contribution in [-0.4, -0.2) is 12.0 Å². The van der Waals surface area contributed by atoms with Gasteiger partial charge < -0.3 is 10.6 Å². The maximum atomic E-state index is 6.18. The minimum absolute atomic E-state index is 0.144. The van der Waals surface area contributed by atoms with Crippen LogP contribution < -0.4 is 10.6 Å². The Bertz CT molecular complexity index is 528. The lowest BCUT2D eigenvalue weighted by Crippen LogP contribution is -2.07. The van der Waals surface area contributed by atoms with Crippen LogP contribution in [0.25, 0.3) is 0 Å². The molecule has 0 fully saturated rings. The van der Waals surface area contributed by atoms with E-state index in [1.807, 2.05) is 43.4 Å². The van der Waals surface area contributed by atoms with E-state index in [1.165, 1.54) is 0 Å². The van der Waals surface area contributed by atoms with Gasteiger partial charge >= 0.3 is 0 Å². The van der Waals surface area contributed by atoms with Crippen LogP contribution in [0.5, 0.6) is 0 Å². The molecule has 0 bridgehead atoms. The quantitative estimate of drug-likeness (QED) is 0.875. The molecule has 18 heavy (non-hydrogen) atoms. The number of halogens is 1. The maximum absolute atomic E-state index is 6.18. The summed E-state index contributed by atoms with van der Waals surface area (Å²) in [5, 5.41) is 7.20.